The standard InChI is InChI=1S/C95H98O16/c1-12-34-71(35-13-1)56-96-67-82-85(100-60-75-42-20-5-21-43-75)88(102-62-77-46-24-7-25-47-77)90(104-64-79-50-28-9-29-51-79)93(107-82)109-86-83(68-97-57-72-36-14-2-15-37-72)108-94(91(105-65-80-52-30-10-31-53-80)89(86)103-63-78-48-26-8-27-49-78)111-95(70-99-59-74-40-18-4-19-41-74)92(106-66-81-54-32-11-33-55-81)87(101-61-76-44-22-6-23-45-76)84(110-95)69-98-58-73-38-16-3-17-39-73/h1-55,82-94H,56-70H2/t82-,83-,84-,85+,86-,87-,88+,89+,90-,91-,92+,93+,94-,95+/m1/s1. The van der Waals surface area contributed by atoms with E-state index in [0.717, 1.165) is 61.2 Å². The Balaban J connectivity index is 0.907. The van der Waals surface area contributed by atoms with Crippen molar-refractivity contribution in [1.82, 2.24) is 0 Å². The van der Waals surface area contributed by atoms with Crippen LogP contribution in [0.5, 0.6) is 0 Å². The van der Waals surface area contributed by atoms with Gasteiger partial charge in [-0.1, -0.05) is 334 Å². The van der Waals surface area contributed by atoms with Crippen molar-refractivity contribution in [2.45, 2.75) is 158 Å². The fourth-order valence-electron chi connectivity index (χ4n) is 14.2. The summed E-state index contributed by atoms with van der Waals surface area (Å²) in [5.74, 6) is -1.87. The average molecular weight is 1500 g/mol. The maximum absolute atomic E-state index is 7.99. The highest BCUT2D eigenvalue weighted by Crippen LogP contribution is 2.44. The molecule has 0 unspecified atom stereocenters. The third kappa shape index (κ3) is 23.0. The molecule has 0 aliphatic carbocycles. The lowest BCUT2D eigenvalue weighted by molar-refractivity contribution is -0.411. The van der Waals surface area contributed by atoms with Crippen LogP contribution in [0.3, 0.4) is 0 Å². The van der Waals surface area contributed by atoms with Gasteiger partial charge in [0, 0.05) is 0 Å². The molecule has 16 heteroatoms. The van der Waals surface area contributed by atoms with Gasteiger partial charge in [0.2, 0.25) is 5.79 Å². The molecule has 11 aromatic carbocycles. The van der Waals surface area contributed by atoms with Gasteiger partial charge in [0.15, 0.2) is 12.6 Å². The van der Waals surface area contributed by atoms with Gasteiger partial charge in [-0.25, -0.2) is 0 Å². The first-order valence-electron chi connectivity index (χ1n) is 38.4. The molecule has 3 saturated heterocycles. The molecule has 574 valence electrons. The number of rotatable bonds is 41. The Kier molecular flexibility index (Phi) is 29.6. The van der Waals surface area contributed by atoms with Crippen molar-refractivity contribution < 1.29 is 75.8 Å². The molecule has 11 aromatic rings. The predicted octanol–water partition coefficient (Wildman–Crippen LogP) is 16.9. The minimum Gasteiger partial charge on any atom is -0.374 e. The molecule has 3 aliphatic rings. The molecular weight excluding hydrogens is 1400 g/mol. The summed E-state index contributed by atoms with van der Waals surface area (Å²) in [5.41, 5.74) is 10.3. The maximum Gasteiger partial charge on any atom is 0.224 e. The SMILES string of the molecule is c1ccc(COC[C@H]2O[C@@H](O[C@H]3[C@H](OCc4ccccc4)[C@@H](OCc4ccccc4)[C@@H](O[C@]4(COCc5ccccc5)O[C@H](COCc5ccccc5)[C@@H](OCc5ccccc5)[C@@H]4OCc4ccccc4)O[C@@H]3COCc3ccccc3)[C@H](OCc3ccccc3)[C@@H](OCc3ccccc3)[C@H]2OCc2ccccc2)cc1. The highest BCUT2D eigenvalue weighted by Gasteiger charge is 2.63. The van der Waals surface area contributed by atoms with E-state index in [4.69, 9.17) is 75.8 Å². The fraction of sp³-hybridized carbons (Fsp3) is 0.305. The zero-order chi connectivity index (χ0) is 75.2. The van der Waals surface area contributed by atoms with Crippen molar-refractivity contribution in [2.24, 2.45) is 0 Å². The van der Waals surface area contributed by atoms with Crippen molar-refractivity contribution in [3.8, 4) is 0 Å². The molecular formula is C95H98O16. The zero-order valence-electron chi connectivity index (χ0n) is 62.4. The number of hydrogen-bond donors (Lipinski definition) is 0. The summed E-state index contributed by atoms with van der Waals surface area (Å²) in [4.78, 5) is 0. The van der Waals surface area contributed by atoms with Crippen LogP contribution in [-0.4, -0.2) is 112 Å². The highest BCUT2D eigenvalue weighted by atomic mass is 16.8. The van der Waals surface area contributed by atoms with E-state index < -0.39 is 85.5 Å². The van der Waals surface area contributed by atoms with Crippen LogP contribution in [0.2, 0.25) is 0 Å². The Bertz CT molecular complexity index is 4350. The predicted molar refractivity (Wildman–Crippen MR) is 420 cm³/mol. The van der Waals surface area contributed by atoms with Gasteiger partial charge in [0.1, 0.15) is 73.8 Å². The van der Waals surface area contributed by atoms with Gasteiger partial charge >= 0.3 is 0 Å². The minimum absolute atomic E-state index is 0.0658. The molecule has 111 heavy (non-hydrogen) atoms. The van der Waals surface area contributed by atoms with Crippen molar-refractivity contribution in [2.75, 3.05) is 26.4 Å². The molecule has 0 radical (unpaired) electrons. The van der Waals surface area contributed by atoms with E-state index in [1.807, 2.05) is 334 Å². The molecule has 0 aromatic heterocycles. The normalized spacial score (nSPS) is 23.8. The molecule has 3 aliphatic heterocycles. The van der Waals surface area contributed by atoms with Crippen molar-refractivity contribution in [3.05, 3.63) is 395 Å². The topological polar surface area (TPSA) is 148 Å². The van der Waals surface area contributed by atoms with E-state index in [-0.39, 0.29) is 92.5 Å². The van der Waals surface area contributed by atoms with E-state index >= 15 is 0 Å². The van der Waals surface area contributed by atoms with Gasteiger partial charge in [-0.2, -0.15) is 0 Å². The van der Waals surface area contributed by atoms with E-state index in [9.17, 15) is 0 Å². The summed E-state index contributed by atoms with van der Waals surface area (Å²) in [5, 5.41) is 0. The van der Waals surface area contributed by atoms with E-state index in [0.29, 0.717) is 6.61 Å². The Morgan fingerprint density at radius 3 is 0.802 bits per heavy atom. The third-order valence-corrected chi connectivity index (χ3v) is 19.8. The lowest BCUT2D eigenvalue weighted by Gasteiger charge is -2.51. The first kappa shape index (κ1) is 78.5. The summed E-state index contributed by atoms with van der Waals surface area (Å²) in [6.07, 6.45) is -13.3. The average Bonchev–Trinajstić information content (AvgIpc) is 1.67. The Morgan fingerprint density at radius 2 is 0.459 bits per heavy atom. The first-order chi connectivity index (χ1) is 55.0. The molecule has 3 fully saturated rings. The summed E-state index contributed by atoms with van der Waals surface area (Å²) >= 11 is 0. The second kappa shape index (κ2) is 41.9. The Hall–Kier alpha value is -9.22. The monoisotopic (exact) mass is 1490 g/mol. The molecule has 0 amide bonds. The van der Waals surface area contributed by atoms with Crippen LogP contribution in [0.4, 0.5) is 0 Å². The van der Waals surface area contributed by atoms with Crippen LogP contribution in [0, 0.1) is 0 Å². The molecule has 14 rings (SSSR count). The minimum atomic E-state index is -1.87. The molecule has 3 heterocycles. The number of ether oxygens (including phenoxy) is 16. The Labute approximate surface area is 651 Å². The fourth-order valence-corrected chi connectivity index (χ4v) is 14.2. The van der Waals surface area contributed by atoms with Crippen LogP contribution >= 0.6 is 0 Å². The summed E-state index contributed by atoms with van der Waals surface area (Å²) in [6.45, 7) is 1.92. The molecule has 0 N–H and O–H groups in total. The third-order valence-electron chi connectivity index (χ3n) is 19.8. The second-order valence-electron chi connectivity index (χ2n) is 28.0. The van der Waals surface area contributed by atoms with Gasteiger partial charge in [-0.15, -0.1) is 0 Å². The smallest absolute Gasteiger partial charge is 0.224 e. The lowest BCUT2D eigenvalue weighted by Crippen LogP contribution is -2.67. The molecule has 16 nitrogen and oxygen atoms in total. The van der Waals surface area contributed by atoms with E-state index in [1.165, 1.54) is 0 Å². The van der Waals surface area contributed by atoms with Crippen LogP contribution in [-0.2, 0) is 148 Å². The highest BCUT2D eigenvalue weighted by molar-refractivity contribution is 5.23. The largest absolute Gasteiger partial charge is 0.374 e. The summed E-state index contributed by atoms with van der Waals surface area (Å²) < 4.78 is 118. The lowest BCUT2D eigenvalue weighted by atomic mass is 9.95. The molecule has 0 spiro atoms. The zero-order valence-corrected chi connectivity index (χ0v) is 62.4. The quantitative estimate of drug-likeness (QED) is 0.0357. The van der Waals surface area contributed by atoms with Gasteiger partial charge in [0.05, 0.1) is 92.5 Å². The van der Waals surface area contributed by atoms with E-state index in [1.54, 1.807) is 0 Å². The molecule has 0 saturated carbocycles. The van der Waals surface area contributed by atoms with Crippen LogP contribution in [0.25, 0.3) is 0 Å². The Morgan fingerprint density at radius 1 is 0.216 bits per heavy atom. The number of benzene rings is 11. The van der Waals surface area contributed by atoms with Crippen molar-refractivity contribution >= 4 is 0 Å². The van der Waals surface area contributed by atoms with Crippen LogP contribution < -0.4 is 0 Å². The van der Waals surface area contributed by atoms with Crippen LogP contribution in [0.1, 0.15) is 61.2 Å². The second-order valence-corrected chi connectivity index (χ2v) is 28.0. The summed E-state index contributed by atoms with van der Waals surface area (Å²) in [7, 11) is 0. The van der Waals surface area contributed by atoms with Gasteiger partial charge in [-0.3, -0.25) is 0 Å². The number of hydrogen-bond acceptors (Lipinski definition) is 16. The van der Waals surface area contributed by atoms with Gasteiger partial charge in [-0.05, 0) is 61.2 Å². The van der Waals surface area contributed by atoms with Gasteiger partial charge < -0.3 is 75.8 Å². The van der Waals surface area contributed by atoms with Crippen LogP contribution in [0.15, 0.2) is 334 Å². The molecule has 14 atom stereocenters. The molecule has 0 bridgehead atoms. The van der Waals surface area contributed by atoms with Crippen molar-refractivity contribution in [1.29, 1.82) is 0 Å². The first-order valence-corrected chi connectivity index (χ1v) is 38.4. The summed E-state index contributed by atoms with van der Waals surface area (Å²) in [6, 6.07) is 110. The van der Waals surface area contributed by atoms with E-state index in [2.05, 4.69) is 0 Å². The van der Waals surface area contributed by atoms with Gasteiger partial charge in [0.25, 0.3) is 0 Å². The maximum atomic E-state index is 7.99. The van der Waals surface area contributed by atoms with Crippen molar-refractivity contribution in [3.63, 3.8) is 0 Å².